The summed E-state index contributed by atoms with van der Waals surface area (Å²) in [6.45, 7) is 4.20. The summed E-state index contributed by atoms with van der Waals surface area (Å²) in [7, 11) is 0. The predicted molar refractivity (Wildman–Crippen MR) is 69.7 cm³/mol. The van der Waals surface area contributed by atoms with Crippen molar-refractivity contribution >= 4 is 18.0 Å². The lowest BCUT2D eigenvalue weighted by Gasteiger charge is -2.04. The molecule has 2 nitrogen and oxygen atoms in total. The molecule has 1 aromatic heterocycles. The summed E-state index contributed by atoms with van der Waals surface area (Å²) in [5.74, 6) is 0. The standard InChI is InChI=1S/C14H13NOS/c1-10-3-5-13(7-11(10)2)17-14-6-4-12(9-16)8-15-14/h3-9H,1-2H3. The van der Waals surface area contributed by atoms with E-state index in [0.717, 1.165) is 11.3 Å². The lowest BCUT2D eigenvalue weighted by molar-refractivity contribution is 0.112. The quantitative estimate of drug-likeness (QED) is 0.770. The van der Waals surface area contributed by atoms with Crippen molar-refractivity contribution in [3.63, 3.8) is 0 Å². The van der Waals surface area contributed by atoms with Gasteiger partial charge in [0.15, 0.2) is 6.29 Å². The zero-order valence-corrected chi connectivity index (χ0v) is 10.6. The van der Waals surface area contributed by atoms with Gasteiger partial charge < -0.3 is 0 Å². The highest BCUT2D eigenvalue weighted by Gasteiger charge is 2.01. The Kier molecular flexibility index (Phi) is 3.59. The number of hydrogen-bond donors (Lipinski definition) is 0. The maximum atomic E-state index is 10.5. The van der Waals surface area contributed by atoms with Gasteiger partial charge >= 0.3 is 0 Å². The Balaban J connectivity index is 2.19. The summed E-state index contributed by atoms with van der Waals surface area (Å²) in [5.41, 5.74) is 3.17. The molecule has 0 aliphatic rings. The minimum Gasteiger partial charge on any atom is -0.298 e. The lowest BCUT2D eigenvalue weighted by Crippen LogP contribution is -1.85. The summed E-state index contributed by atoms with van der Waals surface area (Å²) in [6.07, 6.45) is 2.40. The molecule has 0 saturated carbocycles. The van der Waals surface area contributed by atoms with Gasteiger partial charge in [0, 0.05) is 16.7 Å². The van der Waals surface area contributed by atoms with Crippen LogP contribution in [-0.4, -0.2) is 11.3 Å². The second-order valence-electron chi connectivity index (χ2n) is 3.90. The highest BCUT2D eigenvalue weighted by Crippen LogP contribution is 2.27. The second-order valence-corrected chi connectivity index (χ2v) is 4.99. The lowest BCUT2D eigenvalue weighted by atomic mass is 10.1. The second kappa shape index (κ2) is 5.15. The zero-order valence-electron chi connectivity index (χ0n) is 9.81. The number of aldehydes is 1. The monoisotopic (exact) mass is 243 g/mol. The number of aromatic nitrogens is 1. The van der Waals surface area contributed by atoms with Gasteiger partial charge in [-0.25, -0.2) is 4.98 Å². The minimum atomic E-state index is 0.606. The summed E-state index contributed by atoms with van der Waals surface area (Å²) in [4.78, 5) is 15.9. The van der Waals surface area contributed by atoms with Crippen molar-refractivity contribution in [3.8, 4) is 0 Å². The van der Waals surface area contributed by atoms with Crippen molar-refractivity contribution in [1.82, 2.24) is 4.98 Å². The molecule has 2 aromatic rings. The van der Waals surface area contributed by atoms with Gasteiger partial charge in [0.25, 0.3) is 0 Å². The van der Waals surface area contributed by atoms with Crippen LogP contribution in [0.4, 0.5) is 0 Å². The molecular formula is C14H13NOS. The summed E-state index contributed by atoms with van der Waals surface area (Å²) < 4.78 is 0. The number of carbonyl (C=O) groups is 1. The van der Waals surface area contributed by atoms with Crippen LogP contribution < -0.4 is 0 Å². The molecule has 0 atom stereocenters. The average Bonchev–Trinajstić information content (AvgIpc) is 2.35. The Bertz CT molecular complexity index is 534. The van der Waals surface area contributed by atoms with E-state index in [4.69, 9.17) is 0 Å². The molecule has 1 aromatic carbocycles. The Morgan fingerprint density at radius 3 is 2.53 bits per heavy atom. The van der Waals surface area contributed by atoms with E-state index in [1.807, 2.05) is 6.07 Å². The summed E-state index contributed by atoms with van der Waals surface area (Å²) in [6, 6.07) is 9.99. The van der Waals surface area contributed by atoms with Gasteiger partial charge in [0.1, 0.15) is 5.03 Å². The molecule has 0 fully saturated rings. The molecule has 1 heterocycles. The van der Waals surface area contributed by atoms with E-state index in [0.29, 0.717) is 5.56 Å². The minimum absolute atomic E-state index is 0.606. The van der Waals surface area contributed by atoms with Gasteiger partial charge in [0.05, 0.1) is 0 Å². The third-order valence-electron chi connectivity index (χ3n) is 2.60. The molecule has 3 heteroatoms. The van der Waals surface area contributed by atoms with E-state index in [1.54, 1.807) is 24.0 Å². The van der Waals surface area contributed by atoms with Crippen LogP contribution in [0, 0.1) is 13.8 Å². The van der Waals surface area contributed by atoms with Crippen LogP contribution in [0.15, 0.2) is 46.5 Å². The van der Waals surface area contributed by atoms with Crippen LogP contribution in [0.5, 0.6) is 0 Å². The van der Waals surface area contributed by atoms with Crippen molar-refractivity contribution in [3.05, 3.63) is 53.2 Å². The Morgan fingerprint density at radius 1 is 1.12 bits per heavy atom. The van der Waals surface area contributed by atoms with E-state index in [2.05, 4.69) is 37.0 Å². The normalized spacial score (nSPS) is 10.2. The van der Waals surface area contributed by atoms with Gasteiger partial charge in [-0.3, -0.25) is 4.79 Å². The van der Waals surface area contributed by atoms with Crippen LogP contribution >= 0.6 is 11.8 Å². The first-order valence-corrected chi connectivity index (χ1v) is 6.17. The van der Waals surface area contributed by atoms with Crippen molar-refractivity contribution in [2.24, 2.45) is 0 Å². The third-order valence-corrected chi connectivity index (χ3v) is 3.54. The number of pyridine rings is 1. The molecule has 0 radical (unpaired) electrons. The first-order valence-electron chi connectivity index (χ1n) is 5.35. The van der Waals surface area contributed by atoms with Crippen molar-refractivity contribution in [1.29, 1.82) is 0 Å². The number of carbonyl (C=O) groups excluding carboxylic acids is 1. The molecule has 0 N–H and O–H groups in total. The maximum absolute atomic E-state index is 10.5. The van der Waals surface area contributed by atoms with Crippen LogP contribution in [0.2, 0.25) is 0 Å². The number of aryl methyl sites for hydroxylation is 2. The van der Waals surface area contributed by atoms with Gasteiger partial charge in [0.2, 0.25) is 0 Å². The Morgan fingerprint density at radius 2 is 1.94 bits per heavy atom. The summed E-state index contributed by atoms with van der Waals surface area (Å²) >= 11 is 1.60. The average molecular weight is 243 g/mol. The van der Waals surface area contributed by atoms with Crippen LogP contribution in [0.25, 0.3) is 0 Å². The third kappa shape index (κ3) is 2.94. The number of rotatable bonds is 3. The SMILES string of the molecule is Cc1ccc(Sc2ccc(C=O)cn2)cc1C. The number of hydrogen-bond acceptors (Lipinski definition) is 3. The fourth-order valence-corrected chi connectivity index (χ4v) is 2.27. The molecule has 0 saturated heterocycles. The first-order chi connectivity index (χ1) is 8.19. The van der Waals surface area contributed by atoms with E-state index in [-0.39, 0.29) is 0 Å². The maximum Gasteiger partial charge on any atom is 0.151 e. The molecule has 0 amide bonds. The molecule has 0 aliphatic heterocycles. The van der Waals surface area contributed by atoms with Crippen molar-refractivity contribution < 1.29 is 4.79 Å². The van der Waals surface area contributed by atoms with Crippen LogP contribution in [0.3, 0.4) is 0 Å². The van der Waals surface area contributed by atoms with Crippen LogP contribution in [0.1, 0.15) is 21.5 Å². The topological polar surface area (TPSA) is 30.0 Å². The smallest absolute Gasteiger partial charge is 0.151 e. The van der Waals surface area contributed by atoms with Crippen molar-refractivity contribution in [2.45, 2.75) is 23.8 Å². The molecule has 0 bridgehead atoms. The van der Waals surface area contributed by atoms with Gasteiger partial charge in [-0.15, -0.1) is 0 Å². The number of nitrogens with zero attached hydrogens (tertiary/aromatic N) is 1. The van der Waals surface area contributed by atoms with E-state index in [9.17, 15) is 4.79 Å². The van der Waals surface area contributed by atoms with Crippen molar-refractivity contribution in [2.75, 3.05) is 0 Å². The molecule has 2 rings (SSSR count). The van der Waals surface area contributed by atoms with Gasteiger partial charge in [-0.1, -0.05) is 17.8 Å². The van der Waals surface area contributed by atoms with E-state index in [1.165, 1.54) is 16.0 Å². The Labute approximate surface area is 105 Å². The van der Waals surface area contributed by atoms with Gasteiger partial charge in [-0.05, 0) is 49.2 Å². The first kappa shape index (κ1) is 11.9. The molecule has 17 heavy (non-hydrogen) atoms. The van der Waals surface area contributed by atoms with E-state index >= 15 is 0 Å². The largest absolute Gasteiger partial charge is 0.298 e. The van der Waals surface area contributed by atoms with Crippen LogP contribution in [-0.2, 0) is 0 Å². The summed E-state index contributed by atoms with van der Waals surface area (Å²) in [5, 5.41) is 0.902. The molecule has 0 spiro atoms. The molecule has 86 valence electrons. The van der Waals surface area contributed by atoms with Gasteiger partial charge in [-0.2, -0.15) is 0 Å². The molecule has 0 aliphatic carbocycles. The fraction of sp³-hybridized carbons (Fsp3) is 0.143. The number of benzene rings is 1. The predicted octanol–water partition coefficient (Wildman–Crippen LogP) is 3.66. The molecule has 0 unspecified atom stereocenters. The highest BCUT2D eigenvalue weighted by atomic mass is 32.2. The fourth-order valence-electron chi connectivity index (χ4n) is 1.42. The Hall–Kier alpha value is -1.61. The highest BCUT2D eigenvalue weighted by molar-refractivity contribution is 7.99. The van der Waals surface area contributed by atoms with E-state index < -0.39 is 0 Å². The zero-order chi connectivity index (χ0) is 12.3. The molecular weight excluding hydrogens is 230 g/mol.